The van der Waals surface area contributed by atoms with Gasteiger partial charge in [-0.1, -0.05) is 18.5 Å². The first-order valence-electron chi connectivity index (χ1n) is 6.44. The first kappa shape index (κ1) is 14.7. The maximum absolute atomic E-state index is 12.1. The molecule has 0 aromatic heterocycles. The summed E-state index contributed by atoms with van der Waals surface area (Å²) in [7, 11) is 0. The van der Waals surface area contributed by atoms with Crippen LogP contribution < -0.4 is 5.32 Å². The van der Waals surface area contributed by atoms with Crippen LogP contribution in [-0.2, 0) is 9.53 Å². The molecule has 1 aliphatic heterocycles. The van der Waals surface area contributed by atoms with Crippen molar-refractivity contribution < 1.29 is 9.53 Å². The molecule has 1 N–H and O–H groups in total. The van der Waals surface area contributed by atoms with Gasteiger partial charge < -0.3 is 10.1 Å². The molecule has 19 heavy (non-hydrogen) atoms. The lowest BCUT2D eigenvalue weighted by atomic mass is 10.1. The third-order valence-corrected chi connectivity index (χ3v) is 4.50. The van der Waals surface area contributed by atoms with Gasteiger partial charge in [-0.2, -0.15) is 0 Å². The summed E-state index contributed by atoms with van der Waals surface area (Å²) in [6.07, 6.45) is 4.57. The number of thioether (sulfide) groups is 1. The SMILES string of the molecule is CC[C@H]1CC[C@@H](C(=O)Nc2ccc(SC)c(Cl)c2)O1. The molecule has 1 heterocycles. The van der Waals surface area contributed by atoms with Crippen LogP contribution in [0.4, 0.5) is 5.69 Å². The molecule has 0 bridgehead atoms. The van der Waals surface area contributed by atoms with E-state index in [9.17, 15) is 4.79 Å². The predicted molar refractivity (Wildman–Crippen MR) is 80.0 cm³/mol. The van der Waals surface area contributed by atoms with E-state index in [1.54, 1.807) is 17.8 Å². The highest BCUT2D eigenvalue weighted by Crippen LogP contribution is 2.29. The van der Waals surface area contributed by atoms with Crippen LogP contribution in [-0.4, -0.2) is 24.4 Å². The Balaban J connectivity index is 1.97. The van der Waals surface area contributed by atoms with Crippen LogP contribution in [0.25, 0.3) is 0 Å². The molecule has 1 saturated heterocycles. The van der Waals surface area contributed by atoms with E-state index in [1.807, 2.05) is 18.4 Å². The first-order valence-corrected chi connectivity index (χ1v) is 8.04. The summed E-state index contributed by atoms with van der Waals surface area (Å²) in [5, 5.41) is 3.52. The van der Waals surface area contributed by atoms with E-state index in [-0.39, 0.29) is 18.1 Å². The Morgan fingerprint density at radius 3 is 2.89 bits per heavy atom. The van der Waals surface area contributed by atoms with E-state index in [2.05, 4.69) is 12.2 Å². The number of amides is 1. The highest BCUT2D eigenvalue weighted by molar-refractivity contribution is 7.98. The largest absolute Gasteiger partial charge is 0.365 e. The molecule has 0 radical (unpaired) electrons. The van der Waals surface area contributed by atoms with E-state index in [1.165, 1.54) is 0 Å². The van der Waals surface area contributed by atoms with Gasteiger partial charge in [0.05, 0.1) is 11.1 Å². The van der Waals surface area contributed by atoms with Crippen LogP contribution in [0.1, 0.15) is 26.2 Å². The molecule has 0 aliphatic carbocycles. The van der Waals surface area contributed by atoms with E-state index in [4.69, 9.17) is 16.3 Å². The van der Waals surface area contributed by atoms with Gasteiger partial charge in [-0.25, -0.2) is 0 Å². The van der Waals surface area contributed by atoms with E-state index in [0.29, 0.717) is 5.02 Å². The summed E-state index contributed by atoms with van der Waals surface area (Å²) in [5.41, 5.74) is 0.719. The molecule has 2 rings (SSSR count). The number of hydrogen-bond acceptors (Lipinski definition) is 3. The monoisotopic (exact) mass is 299 g/mol. The average molecular weight is 300 g/mol. The van der Waals surface area contributed by atoms with Crippen LogP contribution in [0.15, 0.2) is 23.1 Å². The highest BCUT2D eigenvalue weighted by atomic mass is 35.5. The second-order valence-corrected chi connectivity index (χ2v) is 5.83. The zero-order valence-corrected chi connectivity index (χ0v) is 12.7. The van der Waals surface area contributed by atoms with Crippen molar-refractivity contribution in [3.63, 3.8) is 0 Å². The van der Waals surface area contributed by atoms with Gasteiger partial charge in [0.25, 0.3) is 5.91 Å². The Morgan fingerprint density at radius 2 is 2.32 bits per heavy atom. The van der Waals surface area contributed by atoms with Crippen molar-refractivity contribution in [3.05, 3.63) is 23.2 Å². The van der Waals surface area contributed by atoms with Gasteiger partial charge >= 0.3 is 0 Å². The fourth-order valence-electron chi connectivity index (χ4n) is 2.17. The van der Waals surface area contributed by atoms with Crippen LogP contribution in [0.2, 0.25) is 5.02 Å². The molecule has 1 aromatic carbocycles. The number of rotatable bonds is 4. The summed E-state index contributed by atoms with van der Waals surface area (Å²) in [4.78, 5) is 13.1. The number of nitrogens with one attached hydrogen (secondary N) is 1. The number of anilines is 1. The number of hydrogen-bond donors (Lipinski definition) is 1. The van der Waals surface area contributed by atoms with E-state index < -0.39 is 0 Å². The maximum Gasteiger partial charge on any atom is 0.253 e. The number of carbonyl (C=O) groups is 1. The van der Waals surface area contributed by atoms with Crippen LogP contribution in [0.3, 0.4) is 0 Å². The topological polar surface area (TPSA) is 38.3 Å². The van der Waals surface area contributed by atoms with E-state index in [0.717, 1.165) is 29.8 Å². The molecule has 0 saturated carbocycles. The summed E-state index contributed by atoms with van der Waals surface area (Å²) >= 11 is 7.70. The molecule has 1 aromatic rings. The fraction of sp³-hybridized carbons (Fsp3) is 0.500. The molecule has 5 heteroatoms. The van der Waals surface area contributed by atoms with Crippen molar-refractivity contribution in [2.24, 2.45) is 0 Å². The number of ether oxygens (including phenoxy) is 1. The van der Waals surface area contributed by atoms with Crippen molar-refractivity contribution in [1.29, 1.82) is 0 Å². The van der Waals surface area contributed by atoms with Gasteiger partial charge in [-0.3, -0.25) is 4.79 Å². The summed E-state index contributed by atoms with van der Waals surface area (Å²) in [5.74, 6) is -0.0797. The van der Waals surface area contributed by atoms with Gasteiger partial charge in [0.2, 0.25) is 0 Å². The lowest BCUT2D eigenvalue weighted by Crippen LogP contribution is -2.27. The summed E-state index contributed by atoms with van der Waals surface area (Å²) < 4.78 is 5.67. The highest BCUT2D eigenvalue weighted by Gasteiger charge is 2.29. The number of carbonyl (C=O) groups excluding carboxylic acids is 1. The van der Waals surface area contributed by atoms with Gasteiger partial charge in [-0.15, -0.1) is 11.8 Å². The van der Waals surface area contributed by atoms with Gasteiger partial charge in [0, 0.05) is 10.6 Å². The molecular formula is C14H18ClNO2S. The number of benzene rings is 1. The van der Waals surface area contributed by atoms with Crippen molar-refractivity contribution in [3.8, 4) is 0 Å². The third-order valence-electron chi connectivity index (χ3n) is 3.27. The van der Waals surface area contributed by atoms with Crippen molar-refractivity contribution in [2.75, 3.05) is 11.6 Å². The van der Waals surface area contributed by atoms with Crippen LogP contribution in [0, 0.1) is 0 Å². The predicted octanol–water partition coefficient (Wildman–Crippen LogP) is 3.96. The Hall–Kier alpha value is -0.710. The van der Waals surface area contributed by atoms with E-state index >= 15 is 0 Å². The smallest absolute Gasteiger partial charge is 0.253 e. The van der Waals surface area contributed by atoms with Gasteiger partial charge in [0.15, 0.2) is 0 Å². The Morgan fingerprint density at radius 1 is 1.53 bits per heavy atom. The van der Waals surface area contributed by atoms with Crippen LogP contribution >= 0.6 is 23.4 Å². The van der Waals surface area contributed by atoms with Crippen molar-refractivity contribution in [2.45, 2.75) is 43.3 Å². The molecule has 0 unspecified atom stereocenters. The molecule has 2 atom stereocenters. The number of halogens is 1. The Kier molecular flexibility index (Phi) is 5.13. The fourth-order valence-corrected chi connectivity index (χ4v) is 3.04. The van der Waals surface area contributed by atoms with Crippen LogP contribution in [0.5, 0.6) is 0 Å². The minimum atomic E-state index is -0.330. The second-order valence-electron chi connectivity index (χ2n) is 4.57. The lowest BCUT2D eigenvalue weighted by Gasteiger charge is -2.13. The maximum atomic E-state index is 12.1. The Bertz CT molecular complexity index is 467. The molecule has 1 fully saturated rings. The Labute approximate surface area is 123 Å². The third kappa shape index (κ3) is 3.65. The van der Waals surface area contributed by atoms with Crippen molar-refractivity contribution >= 4 is 35.0 Å². The normalized spacial score (nSPS) is 22.5. The zero-order chi connectivity index (χ0) is 13.8. The minimum Gasteiger partial charge on any atom is -0.365 e. The quantitative estimate of drug-likeness (QED) is 0.855. The second kappa shape index (κ2) is 6.64. The average Bonchev–Trinajstić information content (AvgIpc) is 2.88. The molecular weight excluding hydrogens is 282 g/mol. The molecule has 104 valence electrons. The first-order chi connectivity index (χ1) is 9.13. The summed E-state index contributed by atoms with van der Waals surface area (Å²) in [6, 6.07) is 5.55. The summed E-state index contributed by atoms with van der Waals surface area (Å²) in [6.45, 7) is 2.08. The van der Waals surface area contributed by atoms with Gasteiger partial charge in [-0.05, 0) is 43.7 Å². The van der Waals surface area contributed by atoms with Gasteiger partial charge in [0.1, 0.15) is 6.10 Å². The molecule has 3 nitrogen and oxygen atoms in total. The molecule has 0 spiro atoms. The molecule has 1 aliphatic rings. The molecule has 1 amide bonds. The minimum absolute atomic E-state index is 0.0797. The lowest BCUT2D eigenvalue weighted by molar-refractivity contribution is -0.126. The van der Waals surface area contributed by atoms with Crippen molar-refractivity contribution in [1.82, 2.24) is 0 Å². The zero-order valence-electron chi connectivity index (χ0n) is 11.1. The standard InChI is InChI=1S/C14H18ClNO2S/c1-3-10-5-6-12(18-10)14(17)16-9-4-7-13(19-2)11(15)8-9/h4,7-8,10,12H,3,5-6H2,1-2H3,(H,16,17)/t10-,12-/m0/s1.